The highest BCUT2D eigenvalue weighted by molar-refractivity contribution is 7.19. The Labute approximate surface area is 189 Å². The van der Waals surface area contributed by atoms with Gasteiger partial charge in [-0.1, -0.05) is 12.1 Å². The minimum Gasteiger partial charge on any atom is -0.481 e. The molecular weight excluding hydrogens is 456 g/mol. The molecule has 0 radical (unpaired) electrons. The van der Waals surface area contributed by atoms with Crippen LogP contribution in [0.3, 0.4) is 0 Å². The summed E-state index contributed by atoms with van der Waals surface area (Å²) in [6.45, 7) is 1.25. The number of benzene rings is 2. The molecule has 1 N–H and O–H groups in total. The topological polar surface area (TPSA) is 83.4 Å². The monoisotopic (exact) mass is 471 g/mol. The lowest BCUT2D eigenvalue weighted by molar-refractivity contribution is -0.135. The Morgan fingerprint density at radius 1 is 1.16 bits per heavy atom. The molecule has 2 aromatic carbocycles. The summed E-state index contributed by atoms with van der Waals surface area (Å²) in [6, 6.07) is 10.4. The fraction of sp³-hybridized carbons (Fsp3) is 0.0909. The summed E-state index contributed by atoms with van der Waals surface area (Å²) in [5, 5.41) is 11.7. The summed E-state index contributed by atoms with van der Waals surface area (Å²) < 4.78 is 28.5. The van der Waals surface area contributed by atoms with E-state index in [4.69, 9.17) is 0 Å². The van der Waals surface area contributed by atoms with Crippen LogP contribution in [0.4, 0.5) is 19.6 Å². The zero-order valence-corrected chi connectivity index (χ0v) is 18.2. The number of thiazole rings is 2. The van der Waals surface area contributed by atoms with Crippen molar-refractivity contribution >= 4 is 67.2 Å². The van der Waals surface area contributed by atoms with Gasteiger partial charge in [0.1, 0.15) is 16.6 Å². The molecule has 32 heavy (non-hydrogen) atoms. The average molecular weight is 472 g/mol. The number of amides is 1. The first-order valence-electron chi connectivity index (χ1n) is 9.31. The van der Waals surface area contributed by atoms with Gasteiger partial charge in [0, 0.05) is 23.9 Å². The molecule has 0 saturated heterocycles. The molecule has 0 aliphatic rings. The van der Waals surface area contributed by atoms with E-state index < -0.39 is 23.5 Å². The minimum absolute atomic E-state index is 0.124. The second kappa shape index (κ2) is 8.93. The Bertz CT molecular complexity index is 1330. The molecular formula is C22H15F2N3O3S2. The maximum absolute atomic E-state index is 14.3. The molecule has 2 aromatic heterocycles. The van der Waals surface area contributed by atoms with Gasteiger partial charge in [-0.15, -0.1) is 22.7 Å². The first-order chi connectivity index (χ1) is 15.3. The van der Waals surface area contributed by atoms with Gasteiger partial charge >= 0.3 is 5.97 Å². The average Bonchev–Trinajstić information content (AvgIpc) is 3.36. The Hall–Kier alpha value is -3.50. The number of nitrogens with zero attached hydrogens (tertiary/aromatic N) is 3. The zero-order chi connectivity index (χ0) is 22.8. The lowest BCUT2D eigenvalue weighted by atomic mass is 10.1. The summed E-state index contributed by atoms with van der Waals surface area (Å²) in [4.78, 5) is 33.6. The summed E-state index contributed by atoms with van der Waals surface area (Å²) in [5.41, 5.74) is 1.49. The van der Waals surface area contributed by atoms with E-state index in [1.165, 1.54) is 24.3 Å². The third kappa shape index (κ3) is 4.56. The smallest absolute Gasteiger partial charge is 0.307 e. The van der Waals surface area contributed by atoms with Gasteiger partial charge in [-0.2, -0.15) is 0 Å². The molecule has 0 spiro atoms. The van der Waals surface area contributed by atoms with Crippen molar-refractivity contribution in [3.8, 4) is 0 Å². The number of aliphatic carboxylic acids is 1. The van der Waals surface area contributed by atoms with Crippen molar-refractivity contribution in [1.82, 2.24) is 9.97 Å². The van der Waals surface area contributed by atoms with Crippen molar-refractivity contribution in [1.29, 1.82) is 0 Å². The Kier molecular flexibility index (Phi) is 6.06. The van der Waals surface area contributed by atoms with Crippen LogP contribution in [0.5, 0.6) is 0 Å². The molecule has 4 aromatic rings. The van der Waals surface area contributed by atoms with E-state index in [2.05, 4.69) is 9.97 Å². The van der Waals surface area contributed by atoms with Gasteiger partial charge in [0.25, 0.3) is 0 Å². The van der Waals surface area contributed by atoms with E-state index in [1.54, 1.807) is 11.5 Å². The quantitative estimate of drug-likeness (QED) is 0.388. The van der Waals surface area contributed by atoms with E-state index in [9.17, 15) is 23.5 Å². The summed E-state index contributed by atoms with van der Waals surface area (Å²) >= 11 is 2.45. The van der Waals surface area contributed by atoms with E-state index in [0.717, 1.165) is 32.5 Å². The number of rotatable bonds is 6. The molecule has 0 saturated carbocycles. The van der Waals surface area contributed by atoms with E-state index in [0.29, 0.717) is 22.3 Å². The predicted molar refractivity (Wildman–Crippen MR) is 121 cm³/mol. The molecule has 0 bridgehead atoms. The number of hydrogen-bond donors (Lipinski definition) is 1. The molecule has 1 amide bonds. The molecule has 0 aliphatic carbocycles. The standard InChI is InChI=1S/C22H15F2N3O3S2/c1-12(28)27(18-7-6-14(23)10-16(18)24)22-25-15(11-31-22)8-13(9-20(29)30)21-26-17-4-2-3-5-19(17)32-21/h2-8,10-11H,9H2,1H3,(H,29,30). The van der Waals surface area contributed by atoms with Crippen LogP contribution in [0.1, 0.15) is 24.0 Å². The maximum Gasteiger partial charge on any atom is 0.307 e. The molecule has 162 valence electrons. The highest BCUT2D eigenvalue weighted by Gasteiger charge is 2.22. The van der Waals surface area contributed by atoms with E-state index in [1.807, 2.05) is 24.3 Å². The number of halogens is 2. The SMILES string of the molecule is CC(=O)N(c1nc(C=C(CC(=O)O)c2nc3ccccc3s2)cs1)c1ccc(F)cc1F. The Balaban J connectivity index is 1.73. The van der Waals surface area contributed by atoms with Crippen molar-refractivity contribution in [2.45, 2.75) is 13.3 Å². The molecule has 4 rings (SSSR count). The Morgan fingerprint density at radius 3 is 2.62 bits per heavy atom. The second-order valence-electron chi connectivity index (χ2n) is 6.73. The van der Waals surface area contributed by atoms with E-state index in [-0.39, 0.29) is 17.2 Å². The van der Waals surface area contributed by atoms with Gasteiger partial charge in [0.15, 0.2) is 5.13 Å². The summed E-state index contributed by atoms with van der Waals surface area (Å²) in [7, 11) is 0. The van der Waals surface area contributed by atoms with E-state index >= 15 is 0 Å². The minimum atomic E-state index is -1.02. The molecule has 2 heterocycles. The lowest BCUT2D eigenvalue weighted by Crippen LogP contribution is -2.23. The fourth-order valence-electron chi connectivity index (χ4n) is 3.05. The summed E-state index contributed by atoms with van der Waals surface area (Å²) in [6.07, 6.45) is 1.32. The van der Waals surface area contributed by atoms with Gasteiger partial charge in [-0.25, -0.2) is 18.7 Å². The largest absolute Gasteiger partial charge is 0.481 e. The van der Waals surface area contributed by atoms with Crippen molar-refractivity contribution in [3.63, 3.8) is 0 Å². The van der Waals surface area contributed by atoms with Crippen LogP contribution >= 0.6 is 22.7 Å². The van der Waals surface area contributed by atoms with Gasteiger partial charge < -0.3 is 5.11 Å². The number of carboxylic acids is 1. The number of carboxylic acid groups (broad SMARTS) is 1. The van der Waals surface area contributed by atoms with Crippen LogP contribution in [0.25, 0.3) is 21.9 Å². The third-order valence-corrected chi connectivity index (χ3v) is 6.35. The van der Waals surface area contributed by atoms with Gasteiger partial charge in [-0.3, -0.25) is 14.5 Å². The number of para-hydroxylation sites is 1. The number of aromatic nitrogens is 2. The number of carbonyl (C=O) groups is 2. The first kappa shape index (κ1) is 21.7. The maximum atomic E-state index is 14.3. The molecule has 6 nitrogen and oxygen atoms in total. The van der Waals surface area contributed by atoms with Gasteiger partial charge in [0.05, 0.1) is 28.0 Å². The van der Waals surface area contributed by atoms with Crippen LogP contribution in [-0.2, 0) is 9.59 Å². The molecule has 0 aliphatic heterocycles. The highest BCUT2D eigenvalue weighted by atomic mass is 32.1. The Morgan fingerprint density at radius 2 is 1.94 bits per heavy atom. The molecule has 0 fully saturated rings. The number of anilines is 2. The van der Waals surface area contributed by atoms with Crippen LogP contribution in [-0.4, -0.2) is 27.0 Å². The number of carbonyl (C=O) groups excluding carboxylic acids is 1. The first-order valence-corrected chi connectivity index (χ1v) is 11.0. The second-order valence-corrected chi connectivity index (χ2v) is 8.60. The zero-order valence-electron chi connectivity index (χ0n) is 16.6. The molecule has 10 heteroatoms. The van der Waals surface area contributed by atoms with Crippen LogP contribution in [0.2, 0.25) is 0 Å². The van der Waals surface area contributed by atoms with Crippen LogP contribution in [0.15, 0.2) is 47.8 Å². The van der Waals surface area contributed by atoms with Crippen LogP contribution < -0.4 is 4.90 Å². The number of fused-ring (bicyclic) bond motifs is 1. The van der Waals surface area contributed by atoms with Crippen molar-refractivity contribution in [2.75, 3.05) is 4.90 Å². The van der Waals surface area contributed by atoms with Gasteiger partial charge in [0.2, 0.25) is 5.91 Å². The summed E-state index contributed by atoms with van der Waals surface area (Å²) in [5.74, 6) is -3.18. The normalized spacial score (nSPS) is 11.7. The fourth-order valence-corrected chi connectivity index (χ4v) is 4.87. The van der Waals surface area contributed by atoms with Crippen LogP contribution in [0, 0.1) is 11.6 Å². The third-order valence-electron chi connectivity index (χ3n) is 4.40. The highest BCUT2D eigenvalue weighted by Crippen LogP contribution is 2.34. The van der Waals surface area contributed by atoms with Crippen molar-refractivity contribution < 1.29 is 23.5 Å². The van der Waals surface area contributed by atoms with Crippen molar-refractivity contribution in [3.05, 3.63) is 70.2 Å². The predicted octanol–water partition coefficient (Wildman–Crippen LogP) is 5.73. The molecule has 0 unspecified atom stereocenters. The van der Waals surface area contributed by atoms with Crippen molar-refractivity contribution in [2.24, 2.45) is 0 Å². The number of hydrogen-bond acceptors (Lipinski definition) is 6. The molecule has 0 atom stereocenters. The lowest BCUT2D eigenvalue weighted by Gasteiger charge is -2.18. The van der Waals surface area contributed by atoms with Gasteiger partial charge in [-0.05, 0) is 30.3 Å².